The summed E-state index contributed by atoms with van der Waals surface area (Å²) in [5.41, 5.74) is 4.24. The number of amides is 1. The van der Waals surface area contributed by atoms with Crippen molar-refractivity contribution >= 4 is 57.8 Å². The molecule has 1 saturated heterocycles. The zero-order valence-corrected chi connectivity index (χ0v) is 22.5. The molecule has 0 aliphatic carbocycles. The number of aromatic nitrogens is 1. The molecular formula is C28H24Cl2N4O2S. The number of rotatable bonds is 6. The van der Waals surface area contributed by atoms with Gasteiger partial charge in [-0.05, 0) is 85.4 Å². The van der Waals surface area contributed by atoms with E-state index in [9.17, 15) is 4.79 Å². The zero-order chi connectivity index (χ0) is 26.1. The molecule has 9 heteroatoms. The first-order valence-electron chi connectivity index (χ1n) is 11.8. The lowest BCUT2D eigenvalue weighted by Crippen LogP contribution is -2.29. The number of aryl methyl sites for hydroxylation is 1. The van der Waals surface area contributed by atoms with Gasteiger partial charge >= 0.3 is 0 Å². The molecule has 0 unspecified atom stereocenters. The van der Waals surface area contributed by atoms with Gasteiger partial charge in [-0.3, -0.25) is 9.78 Å². The molecule has 0 saturated carbocycles. The third kappa shape index (κ3) is 5.07. The van der Waals surface area contributed by atoms with E-state index in [-0.39, 0.29) is 18.0 Å². The fraction of sp³-hybridized carbons (Fsp3) is 0.179. The Morgan fingerprint density at radius 1 is 1.11 bits per heavy atom. The van der Waals surface area contributed by atoms with Crippen molar-refractivity contribution < 1.29 is 9.21 Å². The van der Waals surface area contributed by atoms with Gasteiger partial charge < -0.3 is 20.0 Å². The largest absolute Gasteiger partial charge is 0.459 e. The van der Waals surface area contributed by atoms with Gasteiger partial charge in [-0.2, -0.15) is 0 Å². The first-order valence-corrected chi connectivity index (χ1v) is 13.0. The second-order valence-electron chi connectivity index (χ2n) is 8.73. The monoisotopic (exact) mass is 550 g/mol. The van der Waals surface area contributed by atoms with E-state index in [0.717, 1.165) is 28.2 Å². The molecule has 188 valence electrons. The molecular weight excluding hydrogens is 527 g/mol. The van der Waals surface area contributed by atoms with Gasteiger partial charge in [-0.15, -0.1) is 0 Å². The van der Waals surface area contributed by atoms with Crippen LogP contribution in [0.25, 0.3) is 11.3 Å². The Hall–Kier alpha value is -3.39. The van der Waals surface area contributed by atoms with Crippen molar-refractivity contribution in [3.05, 3.63) is 100.0 Å². The molecule has 2 atom stereocenters. The number of thiocarbonyl (C=S) groups is 1. The van der Waals surface area contributed by atoms with Gasteiger partial charge in [0, 0.05) is 29.6 Å². The van der Waals surface area contributed by atoms with Crippen molar-refractivity contribution in [3.63, 3.8) is 0 Å². The standard InChI is InChI=1S/C28H24Cl2N4O2S/c1-3-25(35)32-21-10-8-18(14-16(21)2)34-27(26(33-28(34)37)22-6-4-5-13-31-22)24-12-11-23(36-24)17-7-9-19(29)20(30)15-17/h4-15,26-27H,3H2,1-2H3,(H,32,35)(H,33,37)/t26-,27-/m1/s1. The maximum Gasteiger partial charge on any atom is 0.224 e. The molecule has 1 amide bonds. The van der Waals surface area contributed by atoms with Crippen molar-refractivity contribution in [1.82, 2.24) is 10.3 Å². The predicted molar refractivity (Wildman–Crippen MR) is 152 cm³/mol. The molecule has 2 aromatic carbocycles. The molecule has 1 aliphatic heterocycles. The van der Waals surface area contributed by atoms with Crippen LogP contribution in [0.15, 0.2) is 77.3 Å². The summed E-state index contributed by atoms with van der Waals surface area (Å²) in [5.74, 6) is 1.35. The van der Waals surface area contributed by atoms with Gasteiger partial charge in [0.2, 0.25) is 5.91 Å². The number of furan rings is 1. The Kier molecular flexibility index (Phi) is 7.20. The van der Waals surface area contributed by atoms with Crippen LogP contribution < -0.4 is 15.5 Å². The summed E-state index contributed by atoms with van der Waals surface area (Å²) >= 11 is 18.2. The quantitative estimate of drug-likeness (QED) is 0.242. The summed E-state index contributed by atoms with van der Waals surface area (Å²) in [6.07, 6.45) is 2.17. The van der Waals surface area contributed by atoms with Crippen LogP contribution in [0, 0.1) is 6.92 Å². The Morgan fingerprint density at radius 3 is 2.65 bits per heavy atom. The van der Waals surface area contributed by atoms with Gasteiger partial charge in [-0.25, -0.2) is 0 Å². The normalized spacial score (nSPS) is 17.1. The average Bonchev–Trinajstić information content (AvgIpc) is 3.52. The predicted octanol–water partition coefficient (Wildman–Crippen LogP) is 7.48. The Labute approximate surface area is 230 Å². The fourth-order valence-electron chi connectivity index (χ4n) is 4.41. The van der Waals surface area contributed by atoms with E-state index < -0.39 is 0 Å². The highest BCUT2D eigenvalue weighted by atomic mass is 35.5. The fourth-order valence-corrected chi connectivity index (χ4v) is 5.06. The van der Waals surface area contributed by atoms with Crippen molar-refractivity contribution in [1.29, 1.82) is 0 Å². The molecule has 0 bridgehead atoms. The van der Waals surface area contributed by atoms with E-state index in [2.05, 4.69) is 15.6 Å². The zero-order valence-electron chi connectivity index (χ0n) is 20.2. The van der Waals surface area contributed by atoms with Crippen LogP contribution in [0.5, 0.6) is 0 Å². The number of halogens is 2. The van der Waals surface area contributed by atoms with Crippen LogP contribution >= 0.6 is 35.4 Å². The summed E-state index contributed by atoms with van der Waals surface area (Å²) < 4.78 is 6.39. The molecule has 37 heavy (non-hydrogen) atoms. The van der Waals surface area contributed by atoms with Gasteiger partial charge in [0.1, 0.15) is 17.6 Å². The van der Waals surface area contributed by atoms with Crippen LogP contribution in [0.1, 0.15) is 42.4 Å². The highest BCUT2D eigenvalue weighted by Gasteiger charge is 2.42. The third-order valence-electron chi connectivity index (χ3n) is 6.30. The van der Waals surface area contributed by atoms with Crippen molar-refractivity contribution in [2.75, 3.05) is 10.2 Å². The van der Waals surface area contributed by atoms with E-state index in [1.54, 1.807) is 18.3 Å². The molecule has 5 rings (SSSR count). The number of nitrogens with zero attached hydrogens (tertiary/aromatic N) is 2. The highest BCUT2D eigenvalue weighted by molar-refractivity contribution is 7.80. The maximum absolute atomic E-state index is 11.9. The van der Waals surface area contributed by atoms with E-state index in [1.807, 2.05) is 73.3 Å². The summed E-state index contributed by atoms with van der Waals surface area (Å²) in [6, 6.07) is 20.4. The Bertz CT molecular complexity index is 1470. The maximum atomic E-state index is 11.9. The van der Waals surface area contributed by atoms with Gasteiger partial charge in [-0.1, -0.05) is 36.2 Å². The summed E-state index contributed by atoms with van der Waals surface area (Å²) in [7, 11) is 0. The minimum atomic E-state index is -0.311. The SMILES string of the molecule is CCC(=O)Nc1ccc(N2C(=S)N[C@H](c3ccccn3)[C@H]2c2ccc(-c3ccc(Cl)c(Cl)c3)o2)cc1C. The minimum Gasteiger partial charge on any atom is -0.459 e. The molecule has 1 fully saturated rings. The minimum absolute atomic E-state index is 0.0345. The van der Waals surface area contributed by atoms with E-state index in [1.165, 1.54) is 0 Å². The van der Waals surface area contributed by atoms with Crippen LogP contribution in [0.2, 0.25) is 10.0 Å². The molecule has 6 nitrogen and oxygen atoms in total. The first-order chi connectivity index (χ1) is 17.9. The summed E-state index contributed by atoms with van der Waals surface area (Å²) in [6.45, 7) is 3.78. The molecule has 1 aliphatic rings. The van der Waals surface area contributed by atoms with Crippen molar-refractivity contribution in [2.45, 2.75) is 32.4 Å². The van der Waals surface area contributed by atoms with E-state index in [4.69, 9.17) is 39.8 Å². The number of nitrogens with one attached hydrogen (secondary N) is 2. The van der Waals surface area contributed by atoms with Gasteiger partial charge in [0.05, 0.1) is 21.8 Å². The van der Waals surface area contributed by atoms with Crippen LogP contribution in [0.3, 0.4) is 0 Å². The topological polar surface area (TPSA) is 70.4 Å². The second-order valence-corrected chi connectivity index (χ2v) is 9.93. The number of carbonyl (C=O) groups excluding carboxylic acids is 1. The highest BCUT2D eigenvalue weighted by Crippen LogP contribution is 2.43. The molecule has 2 N–H and O–H groups in total. The molecule has 0 radical (unpaired) electrons. The van der Waals surface area contributed by atoms with E-state index in [0.29, 0.717) is 33.1 Å². The smallest absolute Gasteiger partial charge is 0.224 e. The lowest BCUT2D eigenvalue weighted by Gasteiger charge is -2.26. The van der Waals surface area contributed by atoms with Crippen molar-refractivity contribution in [3.8, 4) is 11.3 Å². The van der Waals surface area contributed by atoms with Gasteiger partial charge in [0.25, 0.3) is 0 Å². The first kappa shape index (κ1) is 25.3. The lowest BCUT2D eigenvalue weighted by molar-refractivity contribution is -0.115. The van der Waals surface area contributed by atoms with Crippen LogP contribution in [-0.4, -0.2) is 16.0 Å². The van der Waals surface area contributed by atoms with Crippen molar-refractivity contribution in [2.24, 2.45) is 0 Å². The average molecular weight is 551 g/mol. The summed E-state index contributed by atoms with van der Waals surface area (Å²) in [5, 5.41) is 7.87. The Balaban J connectivity index is 1.56. The lowest BCUT2D eigenvalue weighted by atomic mass is 10.0. The Morgan fingerprint density at radius 2 is 1.95 bits per heavy atom. The summed E-state index contributed by atoms with van der Waals surface area (Å²) in [4.78, 5) is 18.6. The number of carbonyl (C=O) groups is 1. The molecule has 0 spiro atoms. The number of pyridine rings is 1. The van der Waals surface area contributed by atoms with E-state index >= 15 is 0 Å². The number of hydrogen-bond acceptors (Lipinski definition) is 4. The molecule has 2 aromatic heterocycles. The molecule has 3 heterocycles. The van der Waals surface area contributed by atoms with Crippen LogP contribution in [0.4, 0.5) is 11.4 Å². The number of benzene rings is 2. The van der Waals surface area contributed by atoms with Gasteiger partial charge in [0.15, 0.2) is 5.11 Å². The number of anilines is 2. The molecule has 4 aromatic rings. The third-order valence-corrected chi connectivity index (χ3v) is 7.36. The van der Waals surface area contributed by atoms with Crippen LogP contribution in [-0.2, 0) is 4.79 Å². The number of hydrogen-bond donors (Lipinski definition) is 2. The second kappa shape index (κ2) is 10.5.